The van der Waals surface area contributed by atoms with Crippen LogP contribution in [0.25, 0.3) is 0 Å². The fourth-order valence-electron chi connectivity index (χ4n) is 2.19. The molecular weight excluding hydrogens is 336 g/mol. The lowest BCUT2D eigenvalue weighted by Gasteiger charge is -2.16. The zero-order valence-corrected chi connectivity index (χ0v) is 14.6. The van der Waals surface area contributed by atoms with E-state index in [2.05, 4.69) is 16.9 Å². The van der Waals surface area contributed by atoms with Gasteiger partial charge >= 0.3 is 11.9 Å². The predicted octanol–water partition coefficient (Wildman–Crippen LogP) is 1.07. The summed E-state index contributed by atoms with van der Waals surface area (Å²) in [7, 11) is 0. The molecule has 0 fully saturated rings. The second-order valence-electron chi connectivity index (χ2n) is 5.35. The fraction of sp³-hybridized carbons (Fsp3) is 0.600. The highest BCUT2D eigenvalue weighted by molar-refractivity contribution is 8.00. The molecule has 0 aliphatic carbocycles. The Labute approximate surface area is 143 Å². The number of rotatable bonds is 7. The molecule has 0 spiro atoms. The molecule has 0 amide bonds. The van der Waals surface area contributed by atoms with Crippen LogP contribution in [-0.2, 0) is 25.5 Å². The Morgan fingerprint density at radius 3 is 2.71 bits per heavy atom. The van der Waals surface area contributed by atoms with Gasteiger partial charge in [-0.15, -0.1) is 11.8 Å². The van der Waals surface area contributed by atoms with Crippen LogP contribution in [0, 0.1) is 0 Å². The smallest absolute Gasteiger partial charge is 0.303 e. The minimum Gasteiger partial charge on any atom is -0.462 e. The number of nitrogens with zero attached hydrogens (tertiary/aromatic N) is 1. The topological polar surface area (TPSA) is 108 Å². The molecule has 0 bridgehead atoms. The van der Waals surface area contributed by atoms with E-state index in [4.69, 9.17) is 14.2 Å². The van der Waals surface area contributed by atoms with Crippen LogP contribution in [0.15, 0.2) is 9.82 Å². The van der Waals surface area contributed by atoms with Gasteiger partial charge in [-0.25, -0.2) is 0 Å². The predicted molar refractivity (Wildman–Crippen MR) is 86.2 cm³/mol. The van der Waals surface area contributed by atoms with E-state index in [0.29, 0.717) is 22.3 Å². The second kappa shape index (κ2) is 8.18. The van der Waals surface area contributed by atoms with Gasteiger partial charge in [0.25, 0.3) is 11.6 Å². The molecule has 0 saturated heterocycles. The molecule has 2 unspecified atom stereocenters. The molecule has 24 heavy (non-hydrogen) atoms. The number of H-pyrrole nitrogens is 1. The number of esters is 2. The highest BCUT2D eigenvalue weighted by Crippen LogP contribution is 2.35. The quantitative estimate of drug-likeness (QED) is 0.571. The van der Waals surface area contributed by atoms with E-state index in [-0.39, 0.29) is 24.8 Å². The van der Waals surface area contributed by atoms with Crippen LogP contribution < -0.4 is 10.3 Å². The molecule has 2 atom stereocenters. The molecule has 1 aliphatic rings. The Morgan fingerprint density at radius 2 is 2.08 bits per heavy atom. The van der Waals surface area contributed by atoms with Crippen molar-refractivity contribution in [2.45, 2.75) is 50.0 Å². The highest BCUT2D eigenvalue weighted by atomic mass is 32.2. The van der Waals surface area contributed by atoms with E-state index in [1.54, 1.807) is 11.8 Å². The van der Waals surface area contributed by atoms with Crippen LogP contribution in [-0.4, -0.2) is 46.5 Å². The van der Waals surface area contributed by atoms with E-state index >= 15 is 0 Å². The Morgan fingerprint density at radius 1 is 1.33 bits per heavy atom. The number of thioether (sulfide) groups is 1. The van der Waals surface area contributed by atoms with E-state index < -0.39 is 18.0 Å². The van der Waals surface area contributed by atoms with Gasteiger partial charge in [0.05, 0.1) is 5.56 Å². The van der Waals surface area contributed by atoms with Crippen LogP contribution >= 0.6 is 11.8 Å². The van der Waals surface area contributed by atoms with Crippen molar-refractivity contribution in [3.05, 3.63) is 15.9 Å². The van der Waals surface area contributed by atoms with Gasteiger partial charge < -0.3 is 14.2 Å². The molecule has 9 heteroatoms. The van der Waals surface area contributed by atoms with Crippen LogP contribution in [0.2, 0.25) is 0 Å². The van der Waals surface area contributed by atoms with Crippen molar-refractivity contribution in [3.63, 3.8) is 0 Å². The molecule has 132 valence electrons. The maximum atomic E-state index is 12.1. The van der Waals surface area contributed by atoms with Crippen LogP contribution in [0.5, 0.6) is 6.01 Å². The number of fused-ring (bicyclic) bond motifs is 1. The number of carbonyl (C=O) groups excluding carboxylic acids is 2. The zero-order valence-electron chi connectivity index (χ0n) is 13.8. The van der Waals surface area contributed by atoms with Crippen molar-refractivity contribution in [2.24, 2.45) is 0 Å². The van der Waals surface area contributed by atoms with Gasteiger partial charge in [0.15, 0.2) is 6.10 Å². The number of hydrogen-bond acceptors (Lipinski definition) is 8. The number of nitrogens with one attached hydrogen (secondary N) is 1. The third kappa shape index (κ3) is 4.98. The number of hydrogen-bond donors (Lipinski definition) is 1. The Hall–Kier alpha value is -2.03. The van der Waals surface area contributed by atoms with Crippen molar-refractivity contribution in [3.8, 4) is 6.01 Å². The largest absolute Gasteiger partial charge is 0.462 e. The molecule has 2 heterocycles. The molecule has 1 aromatic rings. The Bertz CT molecular complexity index is 674. The van der Waals surface area contributed by atoms with E-state index in [1.807, 2.05) is 0 Å². The van der Waals surface area contributed by atoms with Crippen molar-refractivity contribution in [1.82, 2.24) is 9.97 Å². The lowest BCUT2D eigenvalue weighted by atomic mass is 10.1. The van der Waals surface area contributed by atoms with Gasteiger partial charge in [0, 0.05) is 19.1 Å². The maximum absolute atomic E-state index is 12.1. The molecule has 0 radical (unpaired) electrons. The summed E-state index contributed by atoms with van der Waals surface area (Å²) in [4.78, 5) is 40.9. The first-order chi connectivity index (χ1) is 11.4. The van der Waals surface area contributed by atoms with Gasteiger partial charge in [0.2, 0.25) is 0 Å². The average molecular weight is 356 g/mol. The summed E-state index contributed by atoms with van der Waals surface area (Å²) in [5.41, 5.74) is 0.457. The van der Waals surface area contributed by atoms with E-state index in [1.165, 1.54) is 13.8 Å². The van der Waals surface area contributed by atoms with Crippen LogP contribution in [0.1, 0.15) is 32.8 Å². The molecule has 2 rings (SSSR count). The molecule has 0 saturated carbocycles. The summed E-state index contributed by atoms with van der Waals surface area (Å²) in [6, 6.07) is 0.0583. The molecule has 1 aliphatic heterocycles. The second-order valence-corrected chi connectivity index (χ2v) is 6.64. The summed E-state index contributed by atoms with van der Waals surface area (Å²) in [6.45, 7) is 4.35. The summed E-state index contributed by atoms with van der Waals surface area (Å²) in [5, 5.41) is 1.02. The van der Waals surface area contributed by atoms with Gasteiger partial charge in [-0.2, -0.15) is 4.98 Å². The Balaban J connectivity index is 2.02. The van der Waals surface area contributed by atoms with Gasteiger partial charge in [0.1, 0.15) is 18.2 Å². The third-order valence-electron chi connectivity index (χ3n) is 3.33. The number of ether oxygens (including phenoxy) is 3. The minimum absolute atomic E-state index is 0.0583. The first kappa shape index (κ1) is 18.3. The molecular formula is C15H20N2O6S. The number of carbonyl (C=O) groups is 2. The molecule has 0 aromatic carbocycles. The van der Waals surface area contributed by atoms with Gasteiger partial charge in [-0.05, 0) is 12.8 Å². The first-order valence-corrected chi connectivity index (χ1v) is 8.50. The van der Waals surface area contributed by atoms with Gasteiger partial charge in [-0.1, -0.05) is 6.92 Å². The summed E-state index contributed by atoms with van der Waals surface area (Å²) >= 11 is 1.56. The van der Waals surface area contributed by atoms with E-state index in [0.717, 1.165) is 6.42 Å². The average Bonchev–Trinajstić information content (AvgIpc) is 2.93. The lowest BCUT2D eigenvalue weighted by molar-refractivity contribution is -0.158. The Kier molecular flexibility index (Phi) is 6.24. The summed E-state index contributed by atoms with van der Waals surface area (Å²) < 4.78 is 15.3. The summed E-state index contributed by atoms with van der Waals surface area (Å²) in [6.07, 6.45) is 0.871. The van der Waals surface area contributed by atoms with E-state index in [9.17, 15) is 14.4 Å². The van der Waals surface area contributed by atoms with Gasteiger partial charge in [-0.3, -0.25) is 19.4 Å². The zero-order chi connectivity index (χ0) is 17.7. The van der Waals surface area contributed by atoms with Crippen molar-refractivity contribution in [2.75, 3.05) is 13.2 Å². The van der Waals surface area contributed by atoms with Crippen molar-refractivity contribution in [1.29, 1.82) is 0 Å². The monoisotopic (exact) mass is 356 g/mol. The number of aromatic amines is 1. The SMILES string of the molecule is CCC1Cc2c(nc(OCC(COC(C)=O)OC(C)=O)[nH]c2=O)S1. The maximum Gasteiger partial charge on any atom is 0.303 e. The standard InChI is InChI=1S/C15H20N2O6S/c1-4-11-5-12-13(20)16-15(17-14(12)24-11)22-7-10(23-9(3)19)6-21-8(2)18/h10-11H,4-7H2,1-3H3,(H,16,17,20). The third-order valence-corrected chi connectivity index (χ3v) is 4.73. The minimum atomic E-state index is -0.777. The highest BCUT2D eigenvalue weighted by Gasteiger charge is 2.26. The lowest BCUT2D eigenvalue weighted by Crippen LogP contribution is -2.30. The first-order valence-electron chi connectivity index (χ1n) is 7.62. The molecule has 1 N–H and O–H groups in total. The molecule has 1 aromatic heterocycles. The van der Waals surface area contributed by atoms with Crippen molar-refractivity contribution >= 4 is 23.7 Å². The van der Waals surface area contributed by atoms with Crippen molar-refractivity contribution < 1.29 is 23.8 Å². The van der Waals surface area contributed by atoms with Crippen LogP contribution in [0.3, 0.4) is 0 Å². The number of aromatic nitrogens is 2. The van der Waals surface area contributed by atoms with Crippen LogP contribution in [0.4, 0.5) is 0 Å². The fourth-order valence-corrected chi connectivity index (χ4v) is 3.38. The normalized spacial score (nSPS) is 17.0. The summed E-state index contributed by atoms with van der Waals surface area (Å²) in [5.74, 6) is -1.01. The molecule has 8 nitrogen and oxygen atoms in total.